The Hall–Kier alpha value is -5.41. The molecule has 85 heavy (non-hydrogen) atoms. The largest absolute Gasteiger partial charge is 0.492 e. The Kier molecular flexibility index (Phi) is 32.2. The molecule has 17 atom stereocenters. The predicted molar refractivity (Wildman–Crippen MR) is 287 cm³/mol. The molecule has 1 aromatic rings. The second-order valence-electron chi connectivity index (χ2n) is 20.3. The number of rotatable bonds is 38. The van der Waals surface area contributed by atoms with Gasteiger partial charge in [0.2, 0.25) is 35.4 Å². The molecule has 3 heterocycles. The molecule has 3 aliphatic heterocycles. The first kappa shape index (κ1) is 72.1. The van der Waals surface area contributed by atoms with Gasteiger partial charge in [-0.05, 0) is 51.2 Å². The summed E-state index contributed by atoms with van der Waals surface area (Å²) in [6.45, 7) is -2.91. The summed E-state index contributed by atoms with van der Waals surface area (Å²) in [6, 6.07) is 5.96. The van der Waals surface area contributed by atoms with Gasteiger partial charge in [-0.2, -0.15) is 0 Å². The van der Waals surface area contributed by atoms with Crippen LogP contribution in [0.1, 0.15) is 58.3 Å². The number of carbonyl (C=O) groups excluding carboxylic acids is 6. The first-order valence-corrected chi connectivity index (χ1v) is 28.0. The molecule has 18 N–H and O–H groups in total. The molecule has 0 radical (unpaired) electrons. The van der Waals surface area contributed by atoms with Crippen LogP contribution in [-0.2, 0) is 62.0 Å². The van der Waals surface area contributed by atoms with Crippen molar-refractivity contribution in [2.24, 2.45) is 0 Å². The lowest BCUT2D eigenvalue weighted by molar-refractivity contribution is -0.300. The van der Waals surface area contributed by atoms with Crippen LogP contribution >= 0.6 is 0 Å². The van der Waals surface area contributed by atoms with Gasteiger partial charge in [0.15, 0.2) is 18.9 Å². The van der Waals surface area contributed by atoms with E-state index in [2.05, 4.69) is 31.9 Å². The lowest BCUT2D eigenvalue weighted by atomic mass is 9.99. The lowest BCUT2D eigenvalue weighted by Gasteiger charge is -2.39. The average Bonchev–Trinajstić information content (AvgIpc) is 3.58. The van der Waals surface area contributed by atoms with Gasteiger partial charge >= 0.3 is 5.97 Å². The third-order valence-corrected chi connectivity index (χ3v) is 13.8. The van der Waals surface area contributed by atoms with E-state index in [1.54, 1.807) is 30.3 Å². The normalized spacial score (nSPS) is 28.3. The molecule has 3 fully saturated rings. The van der Waals surface area contributed by atoms with E-state index < -0.39 is 178 Å². The monoisotopic (exact) mass is 1220 g/mol. The van der Waals surface area contributed by atoms with Crippen LogP contribution in [0.2, 0.25) is 0 Å². The van der Waals surface area contributed by atoms with E-state index >= 15 is 0 Å². The van der Waals surface area contributed by atoms with E-state index in [0.717, 1.165) is 0 Å². The Morgan fingerprint density at radius 1 is 0.518 bits per heavy atom. The number of carboxylic acid groups (broad SMARTS) is 1. The van der Waals surface area contributed by atoms with Crippen molar-refractivity contribution in [3.05, 3.63) is 30.3 Å². The number of carboxylic acids is 1. The molecular formula is C52H85N7O26. The van der Waals surface area contributed by atoms with Crippen LogP contribution in [0.4, 0.5) is 0 Å². The van der Waals surface area contributed by atoms with Gasteiger partial charge < -0.3 is 126 Å². The van der Waals surface area contributed by atoms with Gasteiger partial charge in [-0.15, -0.1) is 0 Å². The number of unbranched alkanes of at least 4 members (excludes halogenated alkanes) is 2. The molecule has 2 unspecified atom stereocenters. The second kappa shape index (κ2) is 38.0. The van der Waals surface area contributed by atoms with Gasteiger partial charge in [-0.1, -0.05) is 18.2 Å². The highest BCUT2D eigenvalue weighted by Crippen LogP contribution is 2.24. The zero-order chi connectivity index (χ0) is 62.6. The fourth-order valence-electron chi connectivity index (χ4n) is 8.96. The van der Waals surface area contributed by atoms with E-state index in [9.17, 15) is 89.7 Å². The summed E-state index contributed by atoms with van der Waals surface area (Å²) in [5, 5.41) is 135. The minimum absolute atomic E-state index is 0.000774. The predicted octanol–water partition coefficient (Wildman–Crippen LogP) is -8.52. The van der Waals surface area contributed by atoms with Crippen molar-refractivity contribution in [3.63, 3.8) is 0 Å². The van der Waals surface area contributed by atoms with Crippen molar-refractivity contribution >= 4 is 41.4 Å². The minimum Gasteiger partial charge on any atom is -0.492 e. The van der Waals surface area contributed by atoms with Gasteiger partial charge in [0.1, 0.15) is 85.5 Å². The summed E-state index contributed by atoms with van der Waals surface area (Å²) < 4.78 is 38.2. The van der Waals surface area contributed by atoms with E-state index in [1.165, 1.54) is 11.8 Å². The van der Waals surface area contributed by atoms with Crippen LogP contribution in [0, 0.1) is 0 Å². The number of benzene rings is 1. The minimum atomic E-state index is -1.75. The Labute approximate surface area is 489 Å². The fourth-order valence-corrected chi connectivity index (χ4v) is 8.96. The summed E-state index contributed by atoms with van der Waals surface area (Å²) in [4.78, 5) is 93.3. The van der Waals surface area contributed by atoms with Gasteiger partial charge in [0.25, 0.3) is 0 Å². The van der Waals surface area contributed by atoms with Crippen molar-refractivity contribution in [1.29, 1.82) is 0 Å². The van der Waals surface area contributed by atoms with Crippen molar-refractivity contribution in [3.8, 4) is 5.75 Å². The van der Waals surface area contributed by atoms with Crippen LogP contribution in [0.5, 0.6) is 5.75 Å². The van der Waals surface area contributed by atoms with Gasteiger partial charge in [-0.25, -0.2) is 0 Å². The SMILES string of the molecule is C[C@@H]1O[C@@H](OCCNC(=O)C(CC(=O)NCCCCC(C(=O)NCCO[C@H]2O[C@H](CO)[C@@H](O)[C@H](O)[C@@H]2O)N(CC(=O)NCCOc2ccccc2)CC(=O)NCCO[C@H]2O[C@H](CO)[C@@H](O)[C@H](O)[C@@H]2O)NC(=O)CCCCC(=O)O)[C@@H](O)[C@H](O)[C@@H]1O. The molecule has 3 aliphatic rings. The first-order valence-electron chi connectivity index (χ1n) is 28.0. The number of nitrogens with zero attached hydrogens (tertiary/aromatic N) is 1. The van der Waals surface area contributed by atoms with Crippen molar-refractivity contribution in [2.75, 3.05) is 85.5 Å². The van der Waals surface area contributed by atoms with E-state index in [-0.39, 0.29) is 104 Å². The van der Waals surface area contributed by atoms with Crippen LogP contribution in [0.3, 0.4) is 0 Å². The van der Waals surface area contributed by atoms with E-state index in [1.807, 2.05) is 0 Å². The maximum atomic E-state index is 14.2. The molecule has 0 spiro atoms. The molecule has 4 rings (SSSR count). The number of para-hydroxylation sites is 1. The Morgan fingerprint density at radius 3 is 1.52 bits per heavy atom. The molecule has 33 nitrogen and oxygen atoms in total. The lowest BCUT2D eigenvalue weighted by Crippen LogP contribution is -2.59. The van der Waals surface area contributed by atoms with Crippen molar-refractivity contribution in [1.82, 2.24) is 36.8 Å². The third kappa shape index (κ3) is 24.4. The smallest absolute Gasteiger partial charge is 0.303 e. The van der Waals surface area contributed by atoms with Crippen LogP contribution in [0.15, 0.2) is 30.3 Å². The van der Waals surface area contributed by atoms with Crippen LogP contribution < -0.4 is 36.6 Å². The van der Waals surface area contributed by atoms with Crippen LogP contribution in [0.25, 0.3) is 0 Å². The number of ether oxygens (including phenoxy) is 7. The van der Waals surface area contributed by atoms with Gasteiger partial charge in [0, 0.05) is 39.0 Å². The molecule has 33 heteroatoms. The molecule has 484 valence electrons. The quantitative estimate of drug-likeness (QED) is 0.0273. The molecule has 3 saturated heterocycles. The highest BCUT2D eigenvalue weighted by atomic mass is 16.7. The third-order valence-electron chi connectivity index (χ3n) is 13.8. The number of aliphatic hydroxyl groups excluding tert-OH is 11. The van der Waals surface area contributed by atoms with Crippen LogP contribution in [-0.4, -0.2) is 297 Å². The number of hydrogen-bond donors (Lipinski definition) is 18. The van der Waals surface area contributed by atoms with Crippen molar-refractivity contribution < 1.29 is 128 Å². The first-order chi connectivity index (χ1) is 40.6. The Morgan fingerprint density at radius 2 is 0.988 bits per heavy atom. The Bertz CT molecular complexity index is 2190. The maximum absolute atomic E-state index is 14.2. The topological polar surface area (TPSA) is 502 Å². The average molecular weight is 1220 g/mol. The Balaban J connectivity index is 1.44. The summed E-state index contributed by atoms with van der Waals surface area (Å²) in [5.41, 5.74) is 0. The number of amides is 6. The number of carbonyl (C=O) groups is 7. The molecular weight excluding hydrogens is 1140 g/mol. The molecule has 0 aliphatic carbocycles. The van der Waals surface area contributed by atoms with E-state index in [0.29, 0.717) is 5.75 Å². The zero-order valence-electron chi connectivity index (χ0n) is 47.1. The van der Waals surface area contributed by atoms with E-state index in [4.69, 9.17) is 38.3 Å². The summed E-state index contributed by atoms with van der Waals surface area (Å²) in [7, 11) is 0. The number of aliphatic carboxylic acids is 1. The maximum Gasteiger partial charge on any atom is 0.303 e. The number of nitrogens with one attached hydrogen (secondary N) is 6. The molecule has 0 aromatic heterocycles. The van der Waals surface area contributed by atoms with Crippen molar-refractivity contribution in [2.45, 2.75) is 162 Å². The molecule has 0 bridgehead atoms. The number of hydrogen-bond acceptors (Lipinski definition) is 26. The highest BCUT2D eigenvalue weighted by Gasteiger charge is 2.46. The highest BCUT2D eigenvalue weighted by molar-refractivity contribution is 5.92. The molecule has 6 amide bonds. The molecule has 0 saturated carbocycles. The molecule has 1 aromatic carbocycles. The fraction of sp³-hybridized carbons (Fsp3) is 0.750. The standard InChI is InChI=1S/C52H85N7O26/c1-28-39(68)42(71)45(74)50(83-28)80-21-17-56-48(77)30(58-34(62)12-5-6-13-38(66)67)23-35(63)53-14-8-7-11-31(49(78)57-18-22-82-52-47(76)44(73)41(70)33(27-61)85-52)59(24-36(64)54-15-19-79-29-9-3-2-4-10-29)25-37(65)55-16-20-81-51-46(75)43(72)40(69)32(26-60)84-51/h2-4,9-10,28,30-33,39-47,50-52,60-61,68-76H,5-8,11-27H2,1H3,(H,53,63)(H,54,64)(H,55,65)(H,56,77)(H,57,78)(H,58,62)(H,66,67)/t28-,30?,31?,32+,33+,39+,40+,41+,42+,43-,44-,45-,46-,47-,50+,51-,52-/m0/s1. The zero-order valence-corrected chi connectivity index (χ0v) is 47.1. The van der Waals surface area contributed by atoms with Gasteiger partial charge in [0.05, 0.1) is 71.2 Å². The van der Waals surface area contributed by atoms with Gasteiger partial charge in [-0.3, -0.25) is 38.5 Å². The second-order valence-corrected chi connectivity index (χ2v) is 20.3. The summed E-state index contributed by atoms with van der Waals surface area (Å²) >= 11 is 0. The summed E-state index contributed by atoms with van der Waals surface area (Å²) in [5.74, 6) is -4.85. The number of aliphatic hydroxyl groups is 11. The summed E-state index contributed by atoms with van der Waals surface area (Å²) in [6.07, 6.45) is -23.1.